The van der Waals surface area contributed by atoms with Crippen LogP contribution in [0.15, 0.2) is 42.1 Å². The Balaban J connectivity index is 1.43. The molecule has 0 radical (unpaired) electrons. The highest BCUT2D eigenvalue weighted by Crippen LogP contribution is 2.38. The second-order valence-corrected chi connectivity index (χ2v) is 10.4. The number of aromatic nitrogens is 3. The van der Waals surface area contributed by atoms with Gasteiger partial charge in [0.1, 0.15) is 23.2 Å². The molecule has 0 fully saturated rings. The van der Waals surface area contributed by atoms with Gasteiger partial charge in [-0.15, -0.1) is 28.1 Å². The van der Waals surface area contributed by atoms with Crippen LogP contribution in [0.3, 0.4) is 0 Å². The van der Waals surface area contributed by atoms with Crippen LogP contribution in [0.4, 0.5) is 9.39 Å². The molecular formula is C26H29FN4O4S2. The number of benzene rings is 1. The Hall–Kier alpha value is -3.18. The number of hydrogen-bond donors (Lipinski definition) is 1. The van der Waals surface area contributed by atoms with Crippen LogP contribution in [-0.4, -0.2) is 39.0 Å². The first kappa shape index (κ1) is 26.9. The van der Waals surface area contributed by atoms with Crippen molar-refractivity contribution in [3.63, 3.8) is 0 Å². The Kier molecular flexibility index (Phi) is 9.34. The molecule has 2 aromatic heterocycles. The summed E-state index contributed by atoms with van der Waals surface area (Å²) in [5.74, 6) is 0.171. The summed E-state index contributed by atoms with van der Waals surface area (Å²) in [5.41, 5.74) is 1.51. The summed E-state index contributed by atoms with van der Waals surface area (Å²) >= 11 is 2.71. The molecule has 8 nitrogen and oxygen atoms in total. The van der Waals surface area contributed by atoms with Crippen LogP contribution < -0.4 is 10.1 Å². The van der Waals surface area contributed by atoms with Gasteiger partial charge in [0.25, 0.3) is 0 Å². The lowest BCUT2D eigenvalue weighted by Gasteiger charge is -2.10. The van der Waals surface area contributed by atoms with Gasteiger partial charge in [0.15, 0.2) is 11.0 Å². The number of amides is 1. The van der Waals surface area contributed by atoms with Crippen LogP contribution in [0, 0.1) is 5.82 Å². The number of aryl methyl sites for hydroxylation is 1. The van der Waals surface area contributed by atoms with Crippen molar-refractivity contribution in [2.45, 2.75) is 57.3 Å². The van der Waals surface area contributed by atoms with E-state index in [4.69, 9.17) is 9.47 Å². The van der Waals surface area contributed by atoms with E-state index in [0.717, 1.165) is 42.5 Å². The van der Waals surface area contributed by atoms with E-state index in [0.29, 0.717) is 33.8 Å². The van der Waals surface area contributed by atoms with E-state index >= 15 is 0 Å². The summed E-state index contributed by atoms with van der Waals surface area (Å²) in [7, 11) is 0. The maximum absolute atomic E-state index is 13.1. The van der Waals surface area contributed by atoms with Crippen LogP contribution in [0.1, 0.15) is 52.8 Å². The van der Waals surface area contributed by atoms with E-state index in [1.807, 2.05) is 4.57 Å². The maximum Gasteiger partial charge on any atom is 0.341 e. The van der Waals surface area contributed by atoms with Crippen molar-refractivity contribution < 1.29 is 23.5 Å². The number of anilines is 1. The molecule has 1 amide bonds. The van der Waals surface area contributed by atoms with Crippen LogP contribution in [0.25, 0.3) is 0 Å². The fraction of sp³-hybridized carbons (Fsp3) is 0.385. The van der Waals surface area contributed by atoms with Gasteiger partial charge in [-0.05, 0) is 62.4 Å². The Morgan fingerprint density at radius 3 is 2.76 bits per heavy atom. The summed E-state index contributed by atoms with van der Waals surface area (Å²) in [5, 5.41) is 12.4. The Bertz CT molecular complexity index is 1260. The van der Waals surface area contributed by atoms with Gasteiger partial charge >= 0.3 is 5.97 Å². The summed E-state index contributed by atoms with van der Waals surface area (Å²) in [4.78, 5) is 26.8. The highest BCUT2D eigenvalue weighted by atomic mass is 32.2. The third-order valence-corrected chi connectivity index (χ3v) is 7.95. The average molecular weight is 545 g/mol. The lowest BCUT2D eigenvalue weighted by atomic mass is 10.1. The molecule has 3 aromatic rings. The summed E-state index contributed by atoms with van der Waals surface area (Å²) in [6.45, 7) is 6.40. The van der Waals surface area contributed by atoms with Gasteiger partial charge < -0.3 is 14.8 Å². The number of nitrogens with one attached hydrogen (secondary N) is 1. The Morgan fingerprint density at radius 1 is 1.22 bits per heavy atom. The van der Waals surface area contributed by atoms with Crippen molar-refractivity contribution >= 4 is 40.0 Å². The fourth-order valence-electron chi connectivity index (χ4n) is 4.07. The number of hydrogen-bond acceptors (Lipinski definition) is 8. The van der Waals surface area contributed by atoms with E-state index in [-0.39, 0.29) is 36.7 Å². The third kappa shape index (κ3) is 6.78. The van der Waals surface area contributed by atoms with Crippen molar-refractivity contribution in [1.29, 1.82) is 0 Å². The second-order valence-electron chi connectivity index (χ2n) is 8.37. The number of fused-ring (bicyclic) bond motifs is 1. The van der Waals surface area contributed by atoms with Gasteiger partial charge in [-0.25, -0.2) is 9.18 Å². The first-order valence-corrected chi connectivity index (χ1v) is 14.0. The first-order chi connectivity index (χ1) is 18.0. The fourth-order valence-corrected chi connectivity index (χ4v) is 6.13. The number of thioether (sulfide) groups is 1. The number of allylic oxidation sites excluding steroid dienone is 1. The number of halogens is 1. The van der Waals surface area contributed by atoms with E-state index < -0.39 is 0 Å². The van der Waals surface area contributed by atoms with Crippen LogP contribution in [0.5, 0.6) is 5.75 Å². The molecule has 0 atom stereocenters. The molecule has 0 aliphatic heterocycles. The zero-order valence-corrected chi connectivity index (χ0v) is 22.3. The van der Waals surface area contributed by atoms with E-state index in [9.17, 15) is 14.0 Å². The minimum atomic E-state index is -0.388. The summed E-state index contributed by atoms with van der Waals surface area (Å²) < 4.78 is 25.9. The van der Waals surface area contributed by atoms with Gasteiger partial charge in [0.05, 0.1) is 17.9 Å². The molecule has 4 rings (SSSR count). The van der Waals surface area contributed by atoms with Crippen molar-refractivity contribution in [3.8, 4) is 5.75 Å². The van der Waals surface area contributed by atoms with Gasteiger partial charge in [-0.1, -0.05) is 24.3 Å². The molecule has 1 aromatic carbocycles. The smallest absolute Gasteiger partial charge is 0.341 e. The van der Waals surface area contributed by atoms with E-state index in [2.05, 4.69) is 22.1 Å². The lowest BCUT2D eigenvalue weighted by Crippen LogP contribution is -2.17. The quantitative estimate of drug-likeness (QED) is 0.149. The molecule has 0 unspecified atom stereocenters. The molecule has 0 spiro atoms. The lowest BCUT2D eigenvalue weighted by molar-refractivity contribution is -0.113. The molecule has 1 aliphatic carbocycles. The number of esters is 1. The number of ether oxygens (including phenoxy) is 2. The summed E-state index contributed by atoms with van der Waals surface area (Å²) in [6.07, 6.45) is 6.66. The average Bonchev–Trinajstić information content (AvgIpc) is 3.34. The molecule has 2 heterocycles. The zero-order valence-electron chi connectivity index (χ0n) is 20.6. The summed E-state index contributed by atoms with van der Waals surface area (Å²) in [6, 6.07) is 5.72. The minimum absolute atomic E-state index is 0.0823. The maximum atomic E-state index is 13.1. The first-order valence-electron chi connectivity index (χ1n) is 12.2. The number of thiophene rings is 1. The van der Waals surface area contributed by atoms with Crippen molar-refractivity contribution in [2.75, 3.05) is 17.7 Å². The predicted molar refractivity (Wildman–Crippen MR) is 142 cm³/mol. The molecule has 196 valence electrons. The van der Waals surface area contributed by atoms with E-state index in [1.54, 1.807) is 13.0 Å². The van der Waals surface area contributed by atoms with Gasteiger partial charge in [-0.3, -0.25) is 9.36 Å². The highest BCUT2D eigenvalue weighted by molar-refractivity contribution is 7.99. The Morgan fingerprint density at radius 2 is 2.00 bits per heavy atom. The molecular weight excluding hydrogens is 515 g/mol. The second kappa shape index (κ2) is 12.9. The molecule has 37 heavy (non-hydrogen) atoms. The molecule has 0 saturated heterocycles. The molecule has 1 aliphatic rings. The van der Waals surface area contributed by atoms with Crippen molar-refractivity contribution in [1.82, 2.24) is 14.8 Å². The van der Waals surface area contributed by atoms with Gasteiger partial charge in [0, 0.05) is 11.4 Å². The molecule has 0 saturated carbocycles. The number of carbonyl (C=O) groups is 2. The standard InChI is InChI=1S/C26H29FN4O4S2/c1-3-14-31-21(15-35-18-12-10-17(27)11-13-18)29-30-26(31)36-16-22(32)28-24-23(25(33)34-4-2)19-8-6-5-7-9-20(19)37-24/h3,10-13H,1,4-9,14-16H2,2H3,(H,28,32). The largest absolute Gasteiger partial charge is 0.486 e. The monoisotopic (exact) mass is 544 g/mol. The van der Waals surface area contributed by atoms with Crippen LogP contribution >= 0.6 is 23.1 Å². The number of rotatable bonds is 11. The normalized spacial score (nSPS) is 12.9. The minimum Gasteiger partial charge on any atom is -0.486 e. The molecule has 0 bridgehead atoms. The third-order valence-electron chi connectivity index (χ3n) is 5.77. The van der Waals surface area contributed by atoms with Gasteiger partial charge in [0.2, 0.25) is 5.91 Å². The van der Waals surface area contributed by atoms with Crippen molar-refractivity contribution in [3.05, 3.63) is 64.6 Å². The van der Waals surface area contributed by atoms with E-state index in [1.165, 1.54) is 47.4 Å². The topological polar surface area (TPSA) is 95.3 Å². The van der Waals surface area contributed by atoms with Crippen LogP contribution in [-0.2, 0) is 35.5 Å². The Labute approximate surface area is 223 Å². The highest BCUT2D eigenvalue weighted by Gasteiger charge is 2.26. The molecule has 11 heteroatoms. The predicted octanol–water partition coefficient (Wildman–Crippen LogP) is 5.42. The zero-order chi connectivity index (χ0) is 26.2. The van der Waals surface area contributed by atoms with Crippen LogP contribution in [0.2, 0.25) is 0 Å². The van der Waals surface area contributed by atoms with Gasteiger partial charge in [-0.2, -0.15) is 0 Å². The number of carbonyl (C=O) groups excluding carboxylic acids is 2. The SMILES string of the molecule is C=CCn1c(COc2ccc(F)cc2)nnc1SCC(=O)Nc1sc2c(c1C(=O)OCC)CCCCC2. The van der Waals surface area contributed by atoms with Crippen molar-refractivity contribution in [2.24, 2.45) is 0 Å². The number of nitrogens with zero attached hydrogens (tertiary/aromatic N) is 3. The molecule has 1 N–H and O–H groups in total.